The number of hydrogen-bond acceptors (Lipinski definition) is 4. The van der Waals surface area contributed by atoms with Crippen molar-refractivity contribution in [1.29, 1.82) is 0 Å². The van der Waals surface area contributed by atoms with Crippen LogP contribution in [0.4, 0.5) is 11.4 Å². The van der Waals surface area contributed by atoms with Crippen LogP contribution >= 0.6 is 0 Å². The van der Waals surface area contributed by atoms with Crippen LogP contribution in [-0.2, 0) is 0 Å². The highest BCUT2D eigenvalue weighted by atomic mass is 16.5. The van der Waals surface area contributed by atoms with E-state index in [4.69, 9.17) is 4.74 Å². The first-order valence-corrected chi connectivity index (χ1v) is 8.33. The second-order valence-corrected chi connectivity index (χ2v) is 6.03. The third-order valence-corrected chi connectivity index (χ3v) is 4.66. The van der Waals surface area contributed by atoms with Gasteiger partial charge < -0.3 is 14.5 Å². The number of para-hydroxylation sites is 2. The van der Waals surface area contributed by atoms with Crippen LogP contribution in [0, 0.1) is 0 Å². The van der Waals surface area contributed by atoms with E-state index >= 15 is 0 Å². The molecule has 0 amide bonds. The molecule has 0 aliphatic carbocycles. The summed E-state index contributed by atoms with van der Waals surface area (Å²) in [6.45, 7) is 3.97. The van der Waals surface area contributed by atoms with Gasteiger partial charge >= 0.3 is 0 Å². The lowest BCUT2D eigenvalue weighted by atomic mass is 10.1. The van der Waals surface area contributed by atoms with E-state index in [1.165, 1.54) is 16.8 Å². The first-order valence-electron chi connectivity index (χ1n) is 8.33. The molecule has 0 radical (unpaired) electrons. The van der Waals surface area contributed by atoms with Crippen LogP contribution < -0.4 is 14.5 Å². The van der Waals surface area contributed by atoms with Gasteiger partial charge in [0.1, 0.15) is 5.75 Å². The average Bonchev–Trinajstić information content (AvgIpc) is 2.67. The molecule has 0 saturated carbocycles. The van der Waals surface area contributed by atoms with Crippen molar-refractivity contribution in [1.82, 2.24) is 4.98 Å². The number of fused-ring (bicyclic) bond motifs is 1. The lowest BCUT2D eigenvalue weighted by Gasteiger charge is -2.37. The third-order valence-electron chi connectivity index (χ3n) is 4.66. The average molecular weight is 319 g/mol. The summed E-state index contributed by atoms with van der Waals surface area (Å²) < 4.78 is 5.49. The molecule has 1 saturated heterocycles. The molecular formula is C20H21N3O. The maximum absolute atomic E-state index is 5.49. The van der Waals surface area contributed by atoms with E-state index in [1.807, 2.05) is 24.4 Å². The Bertz CT molecular complexity index is 841. The molecule has 1 aromatic heterocycles. The number of benzene rings is 2. The molecule has 0 N–H and O–H groups in total. The van der Waals surface area contributed by atoms with Crippen LogP contribution in [0.5, 0.6) is 5.75 Å². The molecule has 4 heteroatoms. The van der Waals surface area contributed by atoms with Crippen molar-refractivity contribution in [3.05, 3.63) is 60.8 Å². The van der Waals surface area contributed by atoms with E-state index in [-0.39, 0.29) is 0 Å². The number of aromatic nitrogens is 1. The molecule has 0 unspecified atom stereocenters. The summed E-state index contributed by atoms with van der Waals surface area (Å²) in [5.41, 5.74) is 3.49. The molecule has 0 atom stereocenters. The van der Waals surface area contributed by atoms with Gasteiger partial charge in [-0.2, -0.15) is 0 Å². The minimum atomic E-state index is 0.945. The number of ether oxygens (including phenoxy) is 1. The smallest absolute Gasteiger partial charge is 0.142 e. The van der Waals surface area contributed by atoms with Gasteiger partial charge in [-0.1, -0.05) is 24.3 Å². The summed E-state index contributed by atoms with van der Waals surface area (Å²) in [4.78, 5) is 9.30. The second-order valence-electron chi connectivity index (χ2n) is 6.03. The number of methoxy groups -OCH3 is 1. The zero-order valence-corrected chi connectivity index (χ0v) is 13.9. The van der Waals surface area contributed by atoms with Gasteiger partial charge in [-0.25, -0.2) is 0 Å². The molecular weight excluding hydrogens is 298 g/mol. The largest absolute Gasteiger partial charge is 0.495 e. The predicted octanol–water partition coefficient (Wildman–Crippen LogP) is 3.57. The number of anilines is 2. The maximum Gasteiger partial charge on any atom is 0.142 e. The zero-order chi connectivity index (χ0) is 16.4. The molecule has 3 aromatic rings. The van der Waals surface area contributed by atoms with Crippen LogP contribution in [0.15, 0.2) is 60.8 Å². The SMILES string of the molecule is COc1ccccc1N1CCN(c2ccc3cccnc3c2)CC1. The molecule has 2 aromatic carbocycles. The van der Waals surface area contributed by atoms with Gasteiger partial charge in [-0.05, 0) is 30.3 Å². The number of piperazine rings is 1. The Morgan fingerprint density at radius 3 is 2.50 bits per heavy atom. The summed E-state index contributed by atoms with van der Waals surface area (Å²) in [5.74, 6) is 0.945. The number of hydrogen-bond donors (Lipinski definition) is 0. The lowest BCUT2D eigenvalue weighted by molar-refractivity contribution is 0.413. The summed E-state index contributed by atoms with van der Waals surface area (Å²) in [6.07, 6.45) is 1.85. The van der Waals surface area contributed by atoms with Crippen molar-refractivity contribution in [3.8, 4) is 5.75 Å². The van der Waals surface area contributed by atoms with Crippen molar-refractivity contribution < 1.29 is 4.74 Å². The van der Waals surface area contributed by atoms with E-state index in [2.05, 4.69) is 51.2 Å². The Hall–Kier alpha value is -2.75. The molecule has 0 spiro atoms. The number of pyridine rings is 1. The molecule has 1 aliphatic heterocycles. The fourth-order valence-corrected chi connectivity index (χ4v) is 3.35. The summed E-state index contributed by atoms with van der Waals surface area (Å²) >= 11 is 0. The molecule has 4 nitrogen and oxygen atoms in total. The molecule has 1 fully saturated rings. The van der Waals surface area contributed by atoms with E-state index in [0.717, 1.165) is 37.4 Å². The predicted molar refractivity (Wildman–Crippen MR) is 99.2 cm³/mol. The number of nitrogens with zero attached hydrogens (tertiary/aromatic N) is 3. The topological polar surface area (TPSA) is 28.6 Å². The molecule has 122 valence electrons. The van der Waals surface area contributed by atoms with Gasteiger partial charge in [0.15, 0.2) is 0 Å². The molecule has 0 bridgehead atoms. The van der Waals surface area contributed by atoms with Gasteiger partial charge in [-0.3, -0.25) is 4.98 Å². The Labute approximate surface area is 142 Å². The van der Waals surface area contributed by atoms with Crippen molar-refractivity contribution in [2.24, 2.45) is 0 Å². The van der Waals surface area contributed by atoms with E-state index in [9.17, 15) is 0 Å². The van der Waals surface area contributed by atoms with Crippen molar-refractivity contribution in [3.63, 3.8) is 0 Å². The van der Waals surface area contributed by atoms with Crippen molar-refractivity contribution in [2.45, 2.75) is 0 Å². The van der Waals surface area contributed by atoms with Crippen LogP contribution in [0.2, 0.25) is 0 Å². The minimum absolute atomic E-state index is 0.945. The van der Waals surface area contributed by atoms with Crippen LogP contribution in [0.3, 0.4) is 0 Å². The Morgan fingerprint density at radius 2 is 1.67 bits per heavy atom. The van der Waals surface area contributed by atoms with E-state index in [0.29, 0.717) is 0 Å². The fourth-order valence-electron chi connectivity index (χ4n) is 3.35. The Balaban J connectivity index is 1.51. The van der Waals surface area contributed by atoms with Crippen LogP contribution in [0.25, 0.3) is 10.9 Å². The zero-order valence-electron chi connectivity index (χ0n) is 13.9. The first kappa shape index (κ1) is 14.8. The standard InChI is InChI=1S/C20H21N3O/c1-24-20-7-3-2-6-19(20)23-13-11-22(12-14-23)17-9-8-16-5-4-10-21-18(16)15-17/h2-10,15H,11-14H2,1H3. The maximum atomic E-state index is 5.49. The molecule has 1 aliphatic rings. The highest BCUT2D eigenvalue weighted by Crippen LogP contribution is 2.29. The van der Waals surface area contributed by atoms with E-state index in [1.54, 1.807) is 7.11 Å². The lowest BCUT2D eigenvalue weighted by Crippen LogP contribution is -2.46. The van der Waals surface area contributed by atoms with Gasteiger partial charge in [0, 0.05) is 43.4 Å². The van der Waals surface area contributed by atoms with Gasteiger partial charge in [0.2, 0.25) is 0 Å². The van der Waals surface area contributed by atoms with Gasteiger partial charge in [0.05, 0.1) is 18.3 Å². The van der Waals surface area contributed by atoms with Crippen molar-refractivity contribution in [2.75, 3.05) is 43.1 Å². The summed E-state index contributed by atoms with van der Waals surface area (Å²) in [7, 11) is 1.73. The van der Waals surface area contributed by atoms with Crippen LogP contribution in [-0.4, -0.2) is 38.3 Å². The number of rotatable bonds is 3. The Morgan fingerprint density at radius 1 is 0.875 bits per heavy atom. The summed E-state index contributed by atoms with van der Waals surface area (Å²) in [6, 6.07) is 18.9. The monoisotopic (exact) mass is 319 g/mol. The highest BCUT2D eigenvalue weighted by Gasteiger charge is 2.19. The van der Waals surface area contributed by atoms with Gasteiger partial charge in [0.25, 0.3) is 0 Å². The quantitative estimate of drug-likeness (QED) is 0.738. The third kappa shape index (κ3) is 2.75. The normalized spacial score (nSPS) is 14.9. The fraction of sp³-hybridized carbons (Fsp3) is 0.250. The first-order chi connectivity index (χ1) is 11.8. The molecule has 2 heterocycles. The van der Waals surface area contributed by atoms with Gasteiger partial charge in [-0.15, -0.1) is 0 Å². The Kier molecular flexibility index (Phi) is 3.95. The summed E-state index contributed by atoms with van der Waals surface area (Å²) in [5, 5.41) is 1.19. The van der Waals surface area contributed by atoms with Crippen molar-refractivity contribution >= 4 is 22.3 Å². The molecule has 4 rings (SSSR count). The van der Waals surface area contributed by atoms with Crippen LogP contribution in [0.1, 0.15) is 0 Å². The van der Waals surface area contributed by atoms with E-state index < -0.39 is 0 Å². The highest BCUT2D eigenvalue weighted by molar-refractivity contribution is 5.82. The second kappa shape index (κ2) is 6.40. The minimum Gasteiger partial charge on any atom is -0.495 e. The molecule has 24 heavy (non-hydrogen) atoms.